The number of benzene rings is 2. The normalized spacial score (nSPS) is 12.1. The fraction of sp³-hybridized carbons (Fsp3) is 0.417. The summed E-state index contributed by atoms with van der Waals surface area (Å²) >= 11 is 12.4. The Labute approximate surface area is 217 Å². The van der Waals surface area contributed by atoms with Gasteiger partial charge in [-0.1, -0.05) is 55.2 Å². The Kier molecular flexibility index (Phi) is 10.7. The van der Waals surface area contributed by atoms with Crippen LogP contribution in [0.3, 0.4) is 0 Å². The van der Waals surface area contributed by atoms with Gasteiger partial charge in [0.15, 0.2) is 0 Å². The summed E-state index contributed by atoms with van der Waals surface area (Å²) in [5.41, 5.74) is 0.843. The zero-order valence-electron chi connectivity index (χ0n) is 20.3. The lowest BCUT2D eigenvalue weighted by atomic mass is 10.1. The van der Waals surface area contributed by atoms with E-state index in [1.54, 1.807) is 44.4 Å². The van der Waals surface area contributed by atoms with Crippen LogP contribution in [0.2, 0.25) is 10.0 Å². The second-order valence-corrected chi connectivity index (χ2v) is 10.6. The number of nitrogens with zero attached hydrogens (tertiary/aromatic N) is 2. The summed E-state index contributed by atoms with van der Waals surface area (Å²) in [5, 5.41) is 3.00. The average molecular weight is 545 g/mol. The lowest BCUT2D eigenvalue weighted by molar-refractivity contribution is -0.140. The van der Waals surface area contributed by atoms with Crippen LogP contribution in [0.5, 0.6) is 5.75 Å². The van der Waals surface area contributed by atoms with Crippen LogP contribution in [-0.4, -0.2) is 57.6 Å². The van der Waals surface area contributed by atoms with Crippen molar-refractivity contribution in [2.45, 2.75) is 39.3 Å². The molecule has 2 aromatic rings. The summed E-state index contributed by atoms with van der Waals surface area (Å²) in [4.78, 5) is 27.9. The van der Waals surface area contributed by atoms with Gasteiger partial charge in [-0.3, -0.25) is 13.9 Å². The van der Waals surface area contributed by atoms with Crippen molar-refractivity contribution in [3.8, 4) is 5.75 Å². The molecule has 35 heavy (non-hydrogen) atoms. The summed E-state index contributed by atoms with van der Waals surface area (Å²) in [5.74, 6) is -0.207. The second kappa shape index (κ2) is 13.0. The Morgan fingerprint density at radius 2 is 1.74 bits per heavy atom. The van der Waals surface area contributed by atoms with Crippen LogP contribution >= 0.6 is 23.2 Å². The van der Waals surface area contributed by atoms with Crippen LogP contribution in [0.1, 0.15) is 32.3 Å². The fourth-order valence-corrected chi connectivity index (χ4v) is 4.80. The van der Waals surface area contributed by atoms with Crippen LogP contribution in [0.25, 0.3) is 0 Å². The first kappa shape index (κ1) is 28.7. The van der Waals surface area contributed by atoms with Crippen molar-refractivity contribution in [1.82, 2.24) is 10.2 Å². The highest BCUT2D eigenvalue weighted by atomic mass is 35.5. The predicted molar refractivity (Wildman–Crippen MR) is 140 cm³/mol. The molecule has 2 amide bonds. The molecule has 0 aliphatic carbocycles. The minimum atomic E-state index is -3.91. The van der Waals surface area contributed by atoms with Gasteiger partial charge in [-0.25, -0.2) is 8.42 Å². The van der Waals surface area contributed by atoms with Crippen molar-refractivity contribution in [2.24, 2.45) is 0 Å². The Bertz CT molecular complexity index is 1130. The van der Waals surface area contributed by atoms with Crippen molar-refractivity contribution in [2.75, 3.05) is 30.8 Å². The maximum absolute atomic E-state index is 13.6. The number of carbonyl (C=O) groups excluding carboxylic acids is 2. The van der Waals surface area contributed by atoms with Gasteiger partial charge in [-0.15, -0.1) is 0 Å². The monoisotopic (exact) mass is 543 g/mol. The molecular weight excluding hydrogens is 513 g/mol. The number of hydrogen-bond acceptors (Lipinski definition) is 5. The molecule has 1 atom stereocenters. The van der Waals surface area contributed by atoms with Crippen LogP contribution in [-0.2, 0) is 26.2 Å². The standard InChI is InChI=1S/C24H31Cl2N3O5S/c1-5-14-27-24(31)20(6-2)28(15-17-10-12-18(34-3)13-11-17)22(30)16-29(35(4,32)33)21-9-7-8-19(25)23(21)26/h7-13,20H,5-6,14-16H2,1-4H3,(H,27,31)/t20-/m0/s1. The van der Waals surface area contributed by atoms with Crippen LogP contribution in [0, 0.1) is 0 Å². The lowest BCUT2D eigenvalue weighted by Gasteiger charge is -2.33. The third kappa shape index (κ3) is 7.75. The minimum absolute atomic E-state index is 0.0156. The third-order valence-electron chi connectivity index (χ3n) is 5.33. The van der Waals surface area contributed by atoms with E-state index in [9.17, 15) is 18.0 Å². The van der Waals surface area contributed by atoms with Gasteiger partial charge in [0.2, 0.25) is 21.8 Å². The molecule has 11 heteroatoms. The first-order chi connectivity index (χ1) is 16.5. The molecule has 0 bridgehead atoms. The molecule has 192 valence electrons. The van der Waals surface area contributed by atoms with Gasteiger partial charge in [0.1, 0.15) is 18.3 Å². The van der Waals surface area contributed by atoms with E-state index in [1.165, 1.54) is 17.0 Å². The number of ether oxygens (including phenoxy) is 1. The topological polar surface area (TPSA) is 96.0 Å². The predicted octanol–water partition coefficient (Wildman–Crippen LogP) is 4.10. The molecule has 0 saturated carbocycles. The van der Waals surface area contributed by atoms with Crippen molar-refractivity contribution in [1.29, 1.82) is 0 Å². The summed E-state index contributed by atoms with van der Waals surface area (Å²) in [6, 6.07) is 10.8. The van der Waals surface area contributed by atoms with Gasteiger partial charge < -0.3 is 15.0 Å². The molecule has 0 aromatic heterocycles. The van der Waals surface area contributed by atoms with E-state index in [0.717, 1.165) is 22.5 Å². The van der Waals surface area contributed by atoms with E-state index in [1.807, 2.05) is 6.92 Å². The number of rotatable bonds is 12. The van der Waals surface area contributed by atoms with Crippen LogP contribution in [0.15, 0.2) is 42.5 Å². The smallest absolute Gasteiger partial charge is 0.244 e. The number of sulfonamides is 1. The molecule has 2 rings (SSSR count). The molecule has 0 unspecified atom stereocenters. The molecule has 0 aliphatic heterocycles. The fourth-order valence-electron chi connectivity index (χ4n) is 3.49. The molecule has 0 saturated heterocycles. The number of anilines is 1. The number of carbonyl (C=O) groups is 2. The minimum Gasteiger partial charge on any atom is -0.497 e. The number of halogens is 2. The van der Waals surface area contributed by atoms with Crippen LogP contribution < -0.4 is 14.4 Å². The van der Waals surface area contributed by atoms with Crippen LogP contribution in [0.4, 0.5) is 5.69 Å². The van der Waals surface area contributed by atoms with E-state index in [2.05, 4.69) is 5.32 Å². The molecule has 2 aromatic carbocycles. The third-order valence-corrected chi connectivity index (χ3v) is 7.26. The van der Waals surface area contributed by atoms with Gasteiger partial charge in [0.05, 0.1) is 29.1 Å². The molecule has 0 aliphatic rings. The zero-order chi connectivity index (χ0) is 26.2. The van der Waals surface area contributed by atoms with E-state index in [4.69, 9.17) is 27.9 Å². The van der Waals surface area contributed by atoms with Gasteiger partial charge in [-0.2, -0.15) is 0 Å². The molecule has 0 radical (unpaired) electrons. The molecular formula is C24H31Cl2N3O5S. The summed E-state index contributed by atoms with van der Waals surface area (Å²) in [7, 11) is -2.36. The SMILES string of the molecule is CCCNC(=O)[C@H](CC)N(Cc1ccc(OC)cc1)C(=O)CN(c1cccc(Cl)c1Cl)S(C)(=O)=O. The molecule has 0 fully saturated rings. The van der Waals surface area contributed by atoms with Crippen molar-refractivity contribution in [3.63, 3.8) is 0 Å². The first-order valence-electron chi connectivity index (χ1n) is 11.1. The highest BCUT2D eigenvalue weighted by molar-refractivity contribution is 7.92. The second-order valence-electron chi connectivity index (χ2n) is 7.93. The summed E-state index contributed by atoms with van der Waals surface area (Å²) < 4.78 is 31.4. The summed E-state index contributed by atoms with van der Waals surface area (Å²) in [6.45, 7) is 3.74. The molecule has 1 N–H and O–H groups in total. The molecule has 8 nitrogen and oxygen atoms in total. The van der Waals surface area contributed by atoms with E-state index in [0.29, 0.717) is 18.7 Å². The Morgan fingerprint density at radius 3 is 2.29 bits per heavy atom. The molecule has 0 spiro atoms. The Hall–Kier alpha value is -2.49. The van der Waals surface area contributed by atoms with Crippen molar-refractivity contribution >= 4 is 50.7 Å². The lowest BCUT2D eigenvalue weighted by Crippen LogP contribution is -2.52. The number of methoxy groups -OCH3 is 1. The maximum Gasteiger partial charge on any atom is 0.244 e. The van der Waals surface area contributed by atoms with E-state index >= 15 is 0 Å². The number of hydrogen-bond donors (Lipinski definition) is 1. The largest absolute Gasteiger partial charge is 0.497 e. The van der Waals surface area contributed by atoms with E-state index < -0.39 is 28.5 Å². The van der Waals surface area contributed by atoms with E-state index in [-0.39, 0.29) is 28.2 Å². The van der Waals surface area contributed by atoms with Crippen molar-refractivity contribution in [3.05, 3.63) is 58.1 Å². The quantitative estimate of drug-likeness (QED) is 0.434. The maximum atomic E-state index is 13.6. The van der Waals surface area contributed by atoms with Gasteiger partial charge in [0, 0.05) is 13.1 Å². The highest BCUT2D eigenvalue weighted by Gasteiger charge is 2.32. The number of amides is 2. The Morgan fingerprint density at radius 1 is 1.09 bits per heavy atom. The van der Waals surface area contributed by atoms with Gasteiger partial charge >= 0.3 is 0 Å². The number of nitrogens with one attached hydrogen (secondary N) is 1. The van der Waals surface area contributed by atoms with Gasteiger partial charge in [-0.05, 0) is 42.7 Å². The first-order valence-corrected chi connectivity index (χ1v) is 13.8. The van der Waals surface area contributed by atoms with Gasteiger partial charge in [0.25, 0.3) is 0 Å². The Balaban J connectivity index is 2.46. The zero-order valence-corrected chi connectivity index (χ0v) is 22.6. The average Bonchev–Trinajstić information content (AvgIpc) is 2.82. The highest BCUT2D eigenvalue weighted by Crippen LogP contribution is 2.33. The molecule has 0 heterocycles. The summed E-state index contributed by atoms with van der Waals surface area (Å²) in [6.07, 6.45) is 2.06. The van der Waals surface area contributed by atoms with Crippen molar-refractivity contribution < 1.29 is 22.7 Å².